The summed E-state index contributed by atoms with van der Waals surface area (Å²) in [5, 5.41) is 1.57. The molecule has 1 fully saturated rings. The number of aromatic nitrogens is 2. The lowest BCUT2D eigenvalue weighted by Crippen LogP contribution is -2.24. The Morgan fingerprint density at radius 1 is 1.00 bits per heavy atom. The molecule has 3 aromatic rings. The fourth-order valence-corrected chi connectivity index (χ4v) is 4.75. The predicted octanol–water partition coefficient (Wildman–Crippen LogP) is 4.65. The maximum Gasteiger partial charge on any atom is 0.259 e. The van der Waals surface area contributed by atoms with Gasteiger partial charge >= 0.3 is 0 Å². The number of ether oxygens (including phenoxy) is 2. The molecule has 0 bridgehead atoms. The minimum Gasteiger partial charge on any atom is -0.496 e. The summed E-state index contributed by atoms with van der Waals surface area (Å²) < 4.78 is 13.3. The summed E-state index contributed by atoms with van der Waals surface area (Å²) in [6, 6.07) is 6.25. The van der Waals surface area contributed by atoms with Gasteiger partial charge in [-0.1, -0.05) is 12.2 Å². The SMILES string of the molecule is COc1cc(-c2cn(C)c(=O)c3cnc(C4CC4)cc23)cc(OC)c1CN1CCC=CCC1. The van der Waals surface area contributed by atoms with E-state index in [1.807, 2.05) is 6.20 Å². The first-order valence-corrected chi connectivity index (χ1v) is 11.7. The lowest BCUT2D eigenvalue weighted by molar-refractivity contribution is 0.269. The Hall–Kier alpha value is -3.12. The number of fused-ring (bicyclic) bond motifs is 1. The van der Waals surface area contributed by atoms with Gasteiger partial charge in [-0.2, -0.15) is 0 Å². The van der Waals surface area contributed by atoms with Crippen LogP contribution < -0.4 is 15.0 Å². The van der Waals surface area contributed by atoms with E-state index in [4.69, 9.17) is 9.47 Å². The number of aryl methyl sites for hydroxylation is 1. The van der Waals surface area contributed by atoms with Gasteiger partial charge in [0.15, 0.2) is 0 Å². The first-order chi connectivity index (χ1) is 16.1. The predicted molar refractivity (Wildman–Crippen MR) is 131 cm³/mol. The molecule has 1 aliphatic heterocycles. The highest BCUT2D eigenvalue weighted by Gasteiger charge is 2.26. The fourth-order valence-electron chi connectivity index (χ4n) is 4.75. The van der Waals surface area contributed by atoms with Crippen LogP contribution in [0.2, 0.25) is 0 Å². The minimum atomic E-state index is -0.0334. The Balaban J connectivity index is 1.62. The Kier molecular flexibility index (Phi) is 5.94. The first-order valence-electron chi connectivity index (χ1n) is 11.7. The van der Waals surface area contributed by atoms with E-state index in [1.54, 1.807) is 32.0 Å². The molecule has 1 aliphatic carbocycles. The molecule has 2 aromatic heterocycles. The van der Waals surface area contributed by atoms with Crippen LogP contribution in [-0.2, 0) is 13.6 Å². The van der Waals surface area contributed by atoms with Crippen molar-refractivity contribution in [2.75, 3.05) is 27.3 Å². The molecule has 6 nitrogen and oxygen atoms in total. The van der Waals surface area contributed by atoms with Crippen molar-refractivity contribution >= 4 is 10.8 Å². The summed E-state index contributed by atoms with van der Waals surface area (Å²) in [7, 11) is 5.20. The van der Waals surface area contributed by atoms with Gasteiger partial charge < -0.3 is 14.0 Å². The van der Waals surface area contributed by atoms with E-state index in [9.17, 15) is 4.79 Å². The van der Waals surface area contributed by atoms with E-state index in [-0.39, 0.29) is 5.56 Å². The Labute approximate surface area is 194 Å². The Bertz CT molecular complexity index is 1240. The van der Waals surface area contributed by atoms with Crippen LogP contribution in [0.1, 0.15) is 42.9 Å². The Morgan fingerprint density at radius 3 is 2.27 bits per heavy atom. The molecule has 0 unspecified atom stereocenters. The number of hydrogen-bond donors (Lipinski definition) is 0. The summed E-state index contributed by atoms with van der Waals surface area (Å²) in [6.07, 6.45) is 12.6. The van der Waals surface area contributed by atoms with Crippen LogP contribution in [0, 0.1) is 0 Å². The molecule has 6 heteroatoms. The molecule has 0 atom stereocenters. The maximum absolute atomic E-state index is 12.8. The van der Waals surface area contributed by atoms with Crippen LogP contribution in [0.15, 0.2) is 47.5 Å². The third kappa shape index (κ3) is 4.27. The van der Waals surface area contributed by atoms with Gasteiger partial charge in [0.25, 0.3) is 5.56 Å². The maximum atomic E-state index is 12.8. The van der Waals surface area contributed by atoms with Gasteiger partial charge in [0, 0.05) is 56.3 Å². The van der Waals surface area contributed by atoms with Crippen molar-refractivity contribution in [3.05, 3.63) is 64.4 Å². The zero-order valence-corrected chi connectivity index (χ0v) is 19.6. The monoisotopic (exact) mass is 445 g/mol. The van der Waals surface area contributed by atoms with E-state index in [0.717, 1.165) is 71.7 Å². The van der Waals surface area contributed by atoms with E-state index in [1.165, 1.54) is 12.8 Å². The topological polar surface area (TPSA) is 56.6 Å². The van der Waals surface area contributed by atoms with Gasteiger partial charge in [-0.3, -0.25) is 14.7 Å². The van der Waals surface area contributed by atoms with Crippen molar-refractivity contribution in [3.8, 4) is 22.6 Å². The van der Waals surface area contributed by atoms with Crippen LogP contribution in [-0.4, -0.2) is 41.8 Å². The smallest absolute Gasteiger partial charge is 0.259 e. The highest BCUT2D eigenvalue weighted by atomic mass is 16.5. The molecule has 1 aromatic carbocycles. The summed E-state index contributed by atoms with van der Waals surface area (Å²) in [6.45, 7) is 2.82. The summed E-state index contributed by atoms with van der Waals surface area (Å²) in [4.78, 5) is 19.8. The van der Waals surface area contributed by atoms with Crippen molar-refractivity contribution in [2.45, 2.75) is 38.1 Å². The van der Waals surface area contributed by atoms with Crippen molar-refractivity contribution in [2.24, 2.45) is 7.05 Å². The van der Waals surface area contributed by atoms with Crippen LogP contribution in [0.5, 0.6) is 11.5 Å². The molecule has 3 heterocycles. The summed E-state index contributed by atoms with van der Waals surface area (Å²) in [5.74, 6) is 2.13. The lowest BCUT2D eigenvalue weighted by Gasteiger charge is -2.23. The number of nitrogens with zero attached hydrogens (tertiary/aromatic N) is 3. The molecule has 2 aliphatic rings. The minimum absolute atomic E-state index is 0.0334. The van der Waals surface area contributed by atoms with Crippen molar-refractivity contribution in [1.82, 2.24) is 14.5 Å². The van der Waals surface area contributed by atoms with Crippen molar-refractivity contribution < 1.29 is 9.47 Å². The van der Waals surface area contributed by atoms with Crippen LogP contribution >= 0.6 is 0 Å². The van der Waals surface area contributed by atoms with E-state index in [0.29, 0.717) is 11.3 Å². The lowest BCUT2D eigenvalue weighted by atomic mass is 9.98. The molecule has 0 saturated heterocycles. The fraction of sp³-hybridized carbons (Fsp3) is 0.407. The molecule has 33 heavy (non-hydrogen) atoms. The third-order valence-electron chi connectivity index (χ3n) is 6.78. The van der Waals surface area contributed by atoms with Crippen molar-refractivity contribution in [1.29, 1.82) is 0 Å². The van der Waals surface area contributed by atoms with Gasteiger partial charge in [0.05, 0.1) is 25.2 Å². The molecule has 0 radical (unpaired) electrons. The van der Waals surface area contributed by atoms with Gasteiger partial charge in [0.1, 0.15) is 11.5 Å². The largest absolute Gasteiger partial charge is 0.496 e. The quantitative estimate of drug-likeness (QED) is 0.517. The second kappa shape index (κ2) is 9.02. The van der Waals surface area contributed by atoms with Gasteiger partial charge in [-0.15, -0.1) is 0 Å². The van der Waals surface area contributed by atoms with Crippen LogP contribution in [0.3, 0.4) is 0 Å². The number of pyridine rings is 2. The molecular formula is C27H31N3O3. The second-order valence-electron chi connectivity index (χ2n) is 9.07. The first kappa shape index (κ1) is 21.7. The van der Waals surface area contributed by atoms with E-state index in [2.05, 4.69) is 40.2 Å². The van der Waals surface area contributed by atoms with Gasteiger partial charge in [-0.05, 0) is 54.8 Å². The third-order valence-corrected chi connectivity index (χ3v) is 6.78. The molecular weight excluding hydrogens is 414 g/mol. The zero-order valence-electron chi connectivity index (χ0n) is 19.6. The highest BCUT2D eigenvalue weighted by Crippen LogP contribution is 2.42. The van der Waals surface area contributed by atoms with Gasteiger partial charge in [0.2, 0.25) is 0 Å². The second-order valence-corrected chi connectivity index (χ2v) is 9.07. The van der Waals surface area contributed by atoms with Gasteiger partial charge in [-0.25, -0.2) is 0 Å². The normalized spacial score (nSPS) is 16.7. The van der Waals surface area contributed by atoms with Crippen molar-refractivity contribution in [3.63, 3.8) is 0 Å². The number of methoxy groups -OCH3 is 2. The summed E-state index contributed by atoms with van der Waals surface area (Å²) >= 11 is 0. The molecule has 0 amide bonds. The van der Waals surface area contributed by atoms with E-state index >= 15 is 0 Å². The van der Waals surface area contributed by atoms with E-state index < -0.39 is 0 Å². The number of benzene rings is 1. The molecule has 5 rings (SSSR count). The molecule has 172 valence electrons. The highest BCUT2D eigenvalue weighted by molar-refractivity contribution is 5.96. The Morgan fingerprint density at radius 2 is 1.67 bits per heavy atom. The summed E-state index contributed by atoms with van der Waals surface area (Å²) in [5.41, 5.74) is 4.05. The average Bonchev–Trinajstić information content (AvgIpc) is 3.69. The molecule has 1 saturated carbocycles. The zero-order chi connectivity index (χ0) is 22.9. The van der Waals surface area contributed by atoms with Crippen LogP contribution in [0.25, 0.3) is 21.9 Å². The number of hydrogen-bond acceptors (Lipinski definition) is 5. The average molecular weight is 446 g/mol. The number of rotatable bonds is 6. The molecule has 0 N–H and O–H groups in total. The standard InChI is InChI=1S/C27H31N3O3/c1-29-16-22(20-14-24(18-8-9-18)28-15-21(20)27(29)31)19-12-25(32-2)23(26(13-19)33-3)17-30-10-6-4-5-7-11-30/h4-5,12-16,18H,6-11,17H2,1-3H3. The molecule has 0 spiro atoms. The van der Waals surface area contributed by atoms with Crippen LogP contribution in [0.4, 0.5) is 0 Å².